The number of hydrogen-bond acceptors (Lipinski definition) is 3. The van der Waals surface area contributed by atoms with Crippen LogP contribution in [0.3, 0.4) is 0 Å². The Morgan fingerprint density at radius 2 is 1.93 bits per heavy atom. The topological polar surface area (TPSA) is 55.1 Å². The first-order valence-electron chi connectivity index (χ1n) is 11.2. The third-order valence-corrected chi connectivity index (χ3v) is 9.44. The van der Waals surface area contributed by atoms with Gasteiger partial charge in [-0.05, 0) is 91.1 Å². The van der Waals surface area contributed by atoms with Gasteiger partial charge in [0, 0.05) is 25.2 Å². The number of Topliss-reactive ketones (excluding diaryl/α,β-unsaturated/α-hetero) is 1. The van der Waals surface area contributed by atoms with E-state index in [1.54, 1.807) is 4.68 Å². The SMILES string of the molecule is Cn1cc(/C=C2/C[C@@]3(C)[C@@H](CC[C@@H]4[C@@H]3CC[C@]3(C)[C@@H](O)CC[C@@H]43)CC2=O)cn1. The number of allylic oxidation sites excluding steroid dienone is 1. The van der Waals surface area contributed by atoms with Crippen LogP contribution in [0, 0.1) is 34.5 Å². The molecule has 1 heterocycles. The summed E-state index contributed by atoms with van der Waals surface area (Å²) < 4.78 is 1.80. The van der Waals surface area contributed by atoms with Crippen LogP contribution in [0.5, 0.6) is 0 Å². The van der Waals surface area contributed by atoms with Gasteiger partial charge in [-0.3, -0.25) is 9.48 Å². The summed E-state index contributed by atoms with van der Waals surface area (Å²) in [5.41, 5.74) is 2.39. The standard InChI is InChI=1S/C24H34N2O2/c1-23-9-8-20-18(19(23)6-7-22(23)28)5-4-17-11-21(27)16(12-24(17,20)2)10-15-13-25-26(3)14-15/h10,13-14,17-20,22,28H,4-9,11-12H2,1-3H3/b16-10-/t17-,18-,19-,20-,22-,23-,24-/m0/s1. The molecule has 28 heavy (non-hydrogen) atoms. The summed E-state index contributed by atoms with van der Waals surface area (Å²) in [5.74, 6) is 2.97. The first kappa shape index (κ1) is 18.6. The Labute approximate surface area is 168 Å². The van der Waals surface area contributed by atoms with Crippen molar-refractivity contribution >= 4 is 11.9 Å². The second kappa shape index (κ2) is 6.29. The molecule has 0 radical (unpaired) electrons. The molecule has 0 aromatic carbocycles. The van der Waals surface area contributed by atoms with Crippen molar-refractivity contribution < 1.29 is 9.90 Å². The maximum atomic E-state index is 12.9. The molecular formula is C24H34N2O2. The normalized spacial score (nSPS) is 46.9. The van der Waals surface area contributed by atoms with Crippen LogP contribution < -0.4 is 0 Å². The predicted octanol–water partition coefficient (Wildman–Crippen LogP) is 4.39. The lowest BCUT2D eigenvalue weighted by Gasteiger charge is -2.60. The van der Waals surface area contributed by atoms with Crippen LogP contribution >= 0.6 is 0 Å². The fourth-order valence-corrected chi connectivity index (χ4v) is 7.83. The molecule has 4 fully saturated rings. The Morgan fingerprint density at radius 1 is 1.14 bits per heavy atom. The van der Waals surface area contributed by atoms with Gasteiger partial charge in [-0.15, -0.1) is 0 Å². The highest BCUT2D eigenvalue weighted by Crippen LogP contribution is 2.66. The van der Waals surface area contributed by atoms with Crippen molar-refractivity contribution in [2.24, 2.45) is 41.5 Å². The second-order valence-corrected chi connectivity index (χ2v) is 10.7. The Bertz CT molecular complexity index is 826. The van der Waals surface area contributed by atoms with Gasteiger partial charge in [-0.2, -0.15) is 5.10 Å². The minimum atomic E-state index is -0.113. The summed E-state index contributed by atoms with van der Waals surface area (Å²) in [6.45, 7) is 4.82. The quantitative estimate of drug-likeness (QED) is 0.733. The third-order valence-electron chi connectivity index (χ3n) is 9.44. The summed E-state index contributed by atoms with van der Waals surface area (Å²) in [4.78, 5) is 12.9. The zero-order chi connectivity index (χ0) is 19.7. The predicted molar refractivity (Wildman–Crippen MR) is 109 cm³/mol. The third kappa shape index (κ3) is 2.59. The zero-order valence-electron chi connectivity index (χ0n) is 17.5. The molecule has 0 aliphatic heterocycles. The molecule has 7 atom stereocenters. The van der Waals surface area contributed by atoms with Crippen molar-refractivity contribution in [3.05, 3.63) is 23.5 Å². The van der Waals surface area contributed by atoms with Gasteiger partial charge in [-0.1, -0.05) is 13.8 Å². The van der Waals surface area contributed by atoms with E-state index in [0.29, 0.717) is 23.5 Å². The summed E-state index contributed by atoms with van der Waals surface area (Å²) in [7, 11) is 1.92. The van der Waals surface area contributed by atoms with Gasteiger partial charge in [-0.25, -0.2) is 0 Å². The number of ketones is 1. The molecule has 0 amide bonds. The maximum Gasteiger partial charge on any atom is 0.159 e. The van der Waals surface area contributed by atoms with Crippen LogP contribution in [0.2, 0.25) is 0 Å². The van der Waals surface area contributed by atoms with E-state index < -0.39 is 0 Å². The van der Waals surface area contributed by atoms with Crippen molar-refractivity contribution in [1.82, 2.24) is 9.78 Å². The maximum absolute atomic E-state index is 12.9. The van der Waals surface area contributed by atoms with Gasteiger partial charge in [0.05, 0.1) is 12.3 Å². The van der Waals surface area contributed by atoms with Crippen molar-refractivity contribution in [3.8, 4) is 0 Å². The fourth-order valence-electron chi connectivity index (χ4n) is 7.83. The van der Waals surface area contributed by atoms with Crippen LogP contribution in [0.1, 0.15) is 70.8 Å². The van der Waals surface area contributed by atoms with Crippen molar-refractivity contribution in [2.45, 2.75) is 71.3 Å². The van der Waals surface area contributed by atoms with E-state index in [9.17, 15) is 9.90 Å². The lowest BCUT2D eigenvalue weighted by Crippen LogP contribution is -2.54. The summed E-state index contributed by atoms with van der Waals surface area (Å²) in [6.07, 6.45) is 14.4. The molecule has 1 aromatic heterocycles. The lowest BCUT2D eigenvalue weighted by atomic mass is 9.45. The molecule has 1 N–H and O–H groups in total. The summed E-state index contributed by atoms with van der Waals surface area (Å²) in [5, 5.41) is 14.9. The largest absolute Gasteiger partial charge is 0.393 e. The van der Waals surface area contributed by atoms with Crippen LogP contribution in [-0.4, -0.2) is 26.8 Å². The van der Waals surface area contributed by atoms with Crippen LogP contribution in [0.25, 0.3) is 6.08 Å². The van der Waals surface area contributed by atoms with Gasteiger partial charge in [0.1, 0.15) is 0 Å². The Hall–Kier alpha value is -1.42. The number of aryl methyl sites for hydroxylation is 1. The molecular weight excluding hydrogens is 348 g/mol. The molecule has 4 aliphatic carbocycles. The van der Waals surface area contributed by atoms with E-state index >= 15 is 0 Å². The van der Waals surface area contributed by atoms with Crippen molar-refractivity contribution in [2.75, 3.05) is 0 Å². The van der Waals surface area contributed by atoms with E-state index in [0.717, 1.165) is 42.7 Å². The first-order chi connectivity index (χ1) is 13.3. The number of aliphatic hydroxyl groups excluding tert-OH is 1. The van der Waals surface area contributed by atoms with E-state index in [1.165, 1.54) is 25.7 Å². The Balaban J connectivity index is 1.46. The monoisotopic (exact) mass is 382 g/mol. The second-order valence-electron chi connectivity index (χ2n) is 10.7. The Kier molecular flexibility index (Phi) is 4.18. The molecule has 0 spiro atoms. The van der Waals surface area contributed by atoms with E-state index in [4.69, 9.17) is 0 Å². The number of fused-ring (bicyclic) bond motifs is 5. The minimum Gasteiger partial charge on any atom is -0.393 e. The highest BCUT2D eigenvalue weighted by Gasteiger charge is 2.60. The number of aliphatic hydroxyl groups is 1. The minimum absolute atomic E-state index is 0.113. The molecule has 5 rings (SSSR count). The lowest BCUT2D eigenvalue weighted by molar-refractivity contribution is -0.134. The van der Waals surface area contributed by atoms with E-state index in [1.807, 2.05) is 19.4 Å². The number of rotatable bonds is 1. The van der Waals surface area contributed by atoms with Crippen molar-refractivity contribution in [1.29, 1.82) is 0 Å². The van der Waals surface area contributed by atoms with Gasteiger partial charge in [0.15, 0.2) is 5.78 Å². The van der Waals surface area contributed by atoms with Gasteiger partial charge >= 0.3 is 0 Å². The average molecular weight is 383 g/mol. The molecule has 4 heteroatoms. The van der Waals surface area contributed by atoms with E-state index in [2.05, 4.69) is 25.0 Å². The highest BCUT2D eigenvalue weighted by molar-refractivity contribution is 6.00. The molecule has 4 nitrogen and oxygen atoms in total. The average Bonchev–Trinajstić information content (AvgIpc) is 3.19. The smallest absolute Gasteiger partial charge is 0.159 e. The molecule has 4 saturated carbocycles. The van der Waals surface area contributed by atoms with Gasteiger partial charge < -0.3 is 5.11 Å². The number of carbonyl (C=O) groups excluding carboxylic acids is 1. The molecule has 1 aromatic rings. The zero-order valence-corrected chi connectivity index (χ0v) is 17.5. The summed E-state index contributed by atoms with van der Waals surface area (Å²) in [6, 6.07) is 0. The molecule has 152 valence electrons. The van der Waals surface area contributed by atoms with Gasteiger partial charge in [0.25, 0.3) is 0 Å². The van der Waals surface area contributed by atoms with E-state index in [-0.39, 0.29) is 16.9 Å². The van der Waals surface area contributed by atoms with Crippen molar-refractivity contribution in [3.63, 3.8) is 0 Å². The number of aromatic nitrogens is 2. The fraction of sp³-hybridized carbons (Fsp3) is 0.750. The molecule has 0 unspecified atom stereocenters. The van der Waals surface area contributed by atoms with Gasteiger partial charge in [0.2, 0.25) is 0 Å². The molecule has 0 bridgehead atoms. The number of nitrogens with zero attached hydrogens (tertiary/aromatic N) is 2. The first-order valence-corrected chi connectivity index (χ1v) is 11.2. The number of hydrogen-bond donors (Lipinski definition) is 1. The Morgan fingerprint density at radius 3 is 2.68 bits per heavy atom. The van der Waals surface area contributed by atoms with Crippen LogP contribution in [0.15, 0.2) is 18.0 Å². The molecule has 4 aliphatic rings. The van der Waals surface area contributed by atoms with Crippen LogP contribution in [-0.2, 0) is 11.8 Å². The number of carbonyl (C=O) groups is 1. The highest BCUT2D eigenvalue weighted by atomic mass is 16.3. The molecule has 0 saturated heterocycles. The summed E-state index contributed by atoms with van der Waals surface area (Å²) >= 11 is 0. The van der Waals surface area contributed by atoms with Crippen LogP contribution in [0.4, 0.5) is 0 Å².